The SMILES string of the molecule is CCSCCN1CC(CO)C1. The molecule has 2 nitrogen and oxygen atoms in total. The second-order valence-electron chi connectivity index (χ2n) is 3.01. The Balaban J connectivity index is 1.88. The van der Waals surface area contributed by atoms with Gasteiger partial charge in [0, 0.05) is 37.9 Å². The van der Waals surface area contributed by atoms with E-state index in [1.54, 1.807) is 0 Å². The van der Waals surface area contributed by atoms with Crippen LogP contribution in [-0.2, 0) is 0 Å². The smallest absolute Gasteiger partial charge is 0.0483 e. The third kappa shape index (κ3) is 3.01. The van der Waals surface area contributed by atoms with E-state index in [2.05, 4.69) is 11.8 Å². The van der Waals surface area contributed by atoms with Gasteiger partial charge in [-0.15, -0.1) is 0 Å². The molecule has 0 spiro atoms. The summed E-state index contributed by atoms with van der Waals surface area (Å²) in [5, 5.41) is 8.74. The quantitative estimate of drug-likeness (QED) is 0.621. The monoisotopic (exact) mass is 175 g/mol. The molecular formula is C8H17NOS. The van der Waals surface area contributed by atoms with Crippen molar-refractivity contribution in [3.8, 4) is 0 Å². The largest absolute Gasteiger partial charge is 0.396 e. The summed E-state index contributed by atoms with van der Waals surface area (Å²) >= 11 is 1.99. The van der Waals surface area contributed by atoms with E-state index in [-0.39, 0.29) is 0 Å². The second kappa shape index (κ2) is 5.01. The van der Waals surface area contributed by atoms with E-state index in [1.807, 2.05) is 11.8 Å². The highest BCUT2D eigenvalue weighted by Gasteiger charge is 2.24. The summed E-state index contributed by atoms with van der Waals surface area (Å²) < 4.78 is 0. The van der Waals surface area contributed by atoms with Gasteiger partial charge in [-0.25, -0.2) is 0 Å². The lowest BCUT2D eigenvalue weighted by Crippen LogP contribution is -2.48. The van der Waals surface area contributed by atoms with Crippen molar-refractivity contribution < 1.29 is 5.11 Å². The molecule has 1 heterocycles. The van der Waals surface area contributed by atoms with Crippen LogP contribution in [0.2, 0.25) is 0 Å². The van der Waals surface area contributed by atoms with Crippen molar-refractivity contribution in [1.29, 1.82) is 0 Å². The van der Waals surface area contributed by atoms with E-state index in [4.69, 9.17) is 5.11 Å². The molecule has 3 heteroatoms. The predicted octanol–water partition coefficient (Wildman–Crippen LogP) is 0.664. The van der Waals surface area contributed by atoms with E-state index in [9.17, 15) is 0 Å². The van der Waals surface area contributed by atoms with Gasteiger partial charge in [0.25, 0.3) is 0 Å². The van der Waals surface area contributed by atoms with Crippen LogP contribution < -0.4 is 0 Å². The Morgan fingerprint density at radius 2 is 2.27 bits per heavy atom. The van der Waals surface area contributed by atoms with Crippen molar-refractivity contribution >= 4 is 11.8 Å². The lowest BCUT2D eigenvalue weighted by atomic mass is 10.0. The van der Waals surface area contributed by atoms with Gasteiger partial charge in [-0.1, -0.05) is 6.92 Å². The summed E-state index contributed by atoms with van der Waals surface area (Å²) in [7, 11) is 0. The highest BCUT2D eigenvalue weighted by atomic mass is 32.2. The Kier molecular flexibility index (Phi) is 4.26. The Hall–Kier alpha value is 0.270. The first-order chi connectivity index (χ1) is 5.36. The fourth-order valence-corrected chi connectivity index (χ4v) is 1.99. The Labute approximate surface area is 73.0 Å². The number of thioether (sulfide) groups is 1. The van der Waals surface area contributed by atoms with Crippen LogP contribution in [0, 0.1) is 5.92 Å². The van der Waals surface area contributed by atoms with Crippen LogP contribution in [0.4, 0.5) is 0 Å². The third-order valence-corrected chi connectivity index (χ3v) is 2.93. The normalized spacial score (nSPS) is 20.2. The highest BCUT2D eigenvalue weighted by Crippen LogP contribution is 2.14. The van der Waals surface area contributed by atoms with Crippen LogP contribution in [0.15, 0.2) is 0 Å². The van der Waals surface area contributed by atoms with Gasteiger partial charge in [-0.2, -0.15) is 11.8 Å². The van der Waals surface area contributed by atoms with E-state index in [0.717, 1.165) is 13.1 Å². The number of hydrogen-bond acceptors (Lipinski definition) is 3. The number of rotatable bonds is 5. The first kappa shape index (κ1) is 9.36. The zero-order valence-corrected chi connectivity index (χ0v) is 7.94. The van der Waals surface area contributed by atoms with E-state index in [1.165, 1.54) is 18.1 Å². The lowest BCUT2D eigenvalue weighted by molar-refractivity contribution is 0.0595. The van der Waals surface area contributed by atoms with Gasteiger partial charge in [0.1, 0.15) is 0 Å². The maximum absolute atomic E-state index is 8.74. The molecule has 0 bridgehead atoms. The van der Waals surface area contributed by atoms with E-state index >= 15 is 0 Å². The number of aliphatic hydroxyl groups is 1. The molecule has 0 atom stereocenters. The summed E-state index contributed by atoms with van der Waals surface area (Å²) in [5.74, 6) is 3.04. The number of likely N-dealkylation sites (tertiary alicyclic amines) is 1. The molecule has 0 radical (unpaired) electrons. The molecule has 11 heavy (non-hydrogen) atoms. The zero-order valence-electron chi connectivity index (χ0n) is 7.12. The van der Waals surface area contributed by atoms with Gasteiger partial charge in [-0.05, 0) is 5.75 Å². The molecule has 1 aliphatic heterocycles. The lowest BCUT2D eigenvalue weighted by Gasteiger charge is -2.38. The van der Waals surface area contributed by atoms with Gasteiger partial charge in [0.05, 0.1) is 0 Å². The Morgan fingerprint density at radius 1 is 1.55 bits per heavy atom. The summed E-state index contributed by atoms with van der Waals surface area (Å²) in [6.07, 6.45) is 0. The van der Waals surface area contributed by atoms with Crippen LogP contribution in [0.25, 0.3) is 0 Å². The fraction of sp³-hybridized carbons (Fsp3) is 1.00. The van der Waals surface area contributed by atoms with Crippen LogP contribution in [-0.4, -0.2) is 47.8 Å². The van der Waals surface area contributed by atoms with Gasteiger partial charge in [0.2, 0.25) is 0 Å². The molecule has 1 fully saturated rings. The van der Waals surface area contributed by atoms with Gasteiger partial charge >= 0.3 is 0 Å². The summed E-state index contributed by atoms with van der Waals surface area (Å²) in [5.41, 5.74) is 0. The minimum Gasteiger partial charge on any atom is -0.396 e. The molecule has 0 unspecified atom stereocenters. The number of aliphatic hydroxyl groups excluding tert-OH is 1. The summed E-state index contributed by atoms with van der Waals surface area (Å²) in [6, 6.07) is 0. The van der Waals surface area contributed by atoms with Crippen molar-refractivity contribution in [3.05, 3.63) is 0 Å². The van der Waals surface area contributed by atoms with Crippen molar-refractivity contribution in [1.82, 2.24) is 4.90 Å². The zero-order chi connectivity index (χ0) is 8.10. The minimum absolute atomic E-state index is 0.372. The Morgan fingerprint density at radius 3 is 2.82 bits per heavy atom. The first-order valence-electron chi connectivity index (χ1n) is 4.27. The Bertz CT molecular complexity index is 104. The van der Waals surface area contributed by atoms with Crippen LogP contribution in [0.1, 0.15) is 6.92 Å². The molecule has 0 aromatic heterocycles. The van der Waals surface area contributed by atoms with Gasteiger partial charge in [0.15, 0.2) is 0 Å². The molecule has 0 saturated carbocycles. The van der Waals surface area contributed by atoms with Crippen molar-refractivity contribution in [2.24, 2.45) is 5.92 Å². The summed E-state index contributed by atoms with van der Waals surface area (Å²) in [4.78, 5) is 2.41. The topological polar surface area (TPSA) is 23.5 Å². The second-order valence-corrected chi connectivity index (χ2v) is 4.40. The standard InChI is InChI=1S/C8H17NOS/c1-2-11-4-3-9-5-8(6-9)7-10/h8,10H,2-7H2,1H3. The maximum Gasteiger partial charge on any atom is 0.0483 e. The van der Waals surface area contributed by atoms with Gasteiger partial charge < -0.3 is 10.0 Å². The average molecular weight is 175 g/mol. The van der Waals surface area contributed by atoms with Crippen LogP contribution in [0.5, 0.6) is 0 Å². The van der Waals surface area contributed by atoms with Gasteiger partial charge in [-0.3, -0.25) is 0 Å². The highest BCUT2D eigenvalue weighted by molar-refractivity contribution is 7.99. The molecule has 0 aromatic rings. The van der Waals surface area contributed by atoms with Crippen molar-refractivity contribution in [2.75, 3.05) is 37.7 Å². The van der Waals surface area contributed by atoms with Crippen LogP contribution >= 0.6 is 11.8 Å². The molecule has 1 rings (SSSR count). The molecular weight excluding hydrogens is 158 g/mol. The first-order valence-corrected chi connectivity index (χ1v) is 5.43. The molecule has 0 amide bonds. The van der Waals surface area contributed by atoms with Crippen molar-refractivity contribution in [3.63, 3.8) is 0 Å². The summed E-state index contributed by atoms with van der Waals surface area (Å²) in [6.45, 7) is 5.99. The molecule has 0 aliphatic carbocycles. The molecule has 1 N–H and O–H groups in total. The molecule has 0 aromatic carbocycles. The number of hydrogen-bond donors (Lipinski definition) is 1. The minimum atomic E-state index is 0.372. The molecule has 1 saturated heterocycles. The van der Waals surface area contributed by atoms with Crippen LogP contribution in [0.3, 0.4) is 0 Å². The van der Waals surface area contributed by atoms with E-state index < -0.39 is 0 Å². The third-order valence-electron chi connectivity index (χ3n) is 2.05. The number of nitrogens with zero attached hydrogens (tertiary/aromatic N) is 1. The maximum atomic E-state index is 8.74. The molecule has 1 aliphatic rings. The van der Waals surface area contributed by atoms with Crippen molar-refractivity contribution in [2.45, 2.75) is 6.92 Å². The fourth-order valence-electron chi connectivity index (χ4n) is 1.31. The predicted molar refractivity (Wildman–Crippen MR) is 50.0 cm³/mol. The van der Waals surface area contributed by atoms with E-state index in [0.29, 0.717) is 12.5 Å². The molecule has 66 valence electrons. The average Bonchev–Trinajstić information content (AvgIpc) is 1.94.